The molecule has 4 rings (SSSR count). The Kier molecular flexibility index (Phi) is 6.55. The summed E-state index contributed by atoms with van der Waals surface area (Å²) in [6, 6.07) is 7.90. The monoisotopic (exact) mass is 486 g/mol. The summed E-state index contributed by atoms with van der Waals surface area (Å²) in [6.07, 6.45) is -5.24. The first-order valence-electron chi connectivity index (χ1n) is 10.1. The minimum absolute atomic E-state index is 0.0425. The highest BCUT2D eigenvalue weighted by atomic mass is 19.3. The Morgan fingerprint density at radius 3 is 1.82 bits per heavy atom. The second-order valence-corrected chi connectivity index (χ2v) is 7.86. The third-order valence-corrected chi connectivity index (χ3v) is 5.12. The molecule has 0 aromatic heterocycles. The lowest BCUT2D eigenvalue weighted by atomic mass is 10.0. The summed E-state index contributed by atoms with van der Waals surface area (Å²) in [4.78, 5) is 0. The number of hydrogen-bond acceptors (Lipinski definition) is 3. The molecule has 0 aliphatic carbocycles. The summed E-state index contributed by atoms with van der Waals surface area (Å²) in [5.74, 6) is -9.71. The maximum atomic E-state index is 14.6. The van der Waals surface area contributed by atoms with Crippen LogP contribution in [0.2, 0.25) is 0 Å². The molecule has 1 aliphatic heterocycles. The normalized spacial score (nSPS) is 18.7. The van der Waals surface area contributed by atoms with Crippen molar-refractivity contribution in [3.8, 4) is 16.9 Å². The lowest BCUT2D eigenvalue weighted by Gasteiger charge is -2.27. The van der Waals surface area contributed by atoms with Crippen LogP contribution >= 0.6 is 0 Å². The number of halogens is 7. The van der Waals surface area contributed by atoms with E-state index in [9.17, 15) is 30.7 Å². The highest BCUT2D eigenvalue weighted by molar-refractivity contribution is 5.64. The van der Waals surface area contributed by atoms with E-state index in [1.54, 1.807) is 12.1 Å². The zero-order valence-electron chi connectivity index (χ0n) is 17.6. The molecule has 180 valence electrons. The van der Waals surface area contributed by atoms with Crippen LogP contribution in [-0.4, -0.2) is 13.2 Å². The minimum Gasteiger partial charge on any atom is -0.429 e. The maximum absolute atomic E-state index is 14.6. The van der Waals surface area contributed by atoms with Crippen LogP contribution in [-0.2, 0) is 15.6 Å². The molecule has 0 spiro atoms. The van der Waals surface area contributed by atoms with Crippen molar-refractivity contribution in [2.75, 3.05) is 13.2 Å². The van der Waals surface area contributed by atoms with Crippen molar-refractivity contribution in [1.82, 2.24) is 0 Å². The Labute approximate surface area is 189 Å². The molecular formula is C24H17F7O3. The minimum atomic E-state index is -4.65. The number of ether oxygens (including phenoxy) is 3. The van der Waals surface area contributed by atoms with Crippen molar-refractivity contribution >= 4 is 0 Å². The summed E-state index contributed by atoms with van der Waals surface area (Å²) in [5, 5.41) is 0. The molecule has 1 heterocycles. The van der Waals surface area contributed by atoms with Gasteiger partial charge in [-0.1, -0.05) is 31.2 Å². The van der Waals surface area contributed by atoms with E-state index in [1.165, 1.54) is 12.1 Å². The van der Waals surface area contributed by atoms with Crippen LogP contribution in [0.1, 0.15) is 24.3 Å². The molecule has 34 heavy (non-hydrogen) atoms. The fourth-order valence-corrected chi connectivity index (χ4v) is 3.43. The Bertz CT molecular complexity index is 1140. The molecule has 0 radical (unpaired) electrons. The van der Waals surface area contributed by atoms with Crippen LogP contribution in [0.15, 0.2) is 48.5 Å². The van der Waals surface area contributed by atoms with E-state index in [1.807, 2.05) is 6.92 Å². The molecule has 3 aromatic carbocycles. The Balaban J connectivity index is 1.58. The van der Waals surface area contributed by atoms with E-state index in [0.29, 0.717) is 36.5 Å². The van der Waals surface area contributed by atoms with Crippen LogP contribution in [0.4, 0.5) is 30.7 Å². The van der Waals surface area contributed by atoms with Crippen LogP contribution in [0.3, 0.4) is 0 Å². The van der Waals surface area contributed by atoms with Gasteiger partial charge in [0.1, 0.15) is 22.9 Å². The van der Waals surface area contributed by atoms with Gasteiger partial charge < -0.3 is 14.2 Å². The van der Waals surface area contributed by atoms with Crippen molar-refractivity contribution in [1.29, 1.82) is 0 Å². The highest BCUT2D eigenvalue weighted by Gasteiger charge is 2.41. The van der Waals surface area contributed by atoms with Gasteiger partial charge in [-0.2, -0.15) is 8.78 Å². The van der Waals surface area contributed by atoms with Gasteiger partial charge in [-0.15, -0.1) is 0 Å². The van der Waals surface area contributed by atoms with E-state index in [-0.39, 0.29) is 23.6 Å². The molecule has 0 N–H and O–H groups in total. The number of benzene rings is 3. The average molecular weight is 486 g/mol. The molecule has 0 atom stereocenters. The van der Waals surface area contributed by atoms with Crippen LogP contribution < -0.4 is 4.74 Å². The van der Waals surface area contributed by atoms with Gasteiger partial charge >= 0.3 is 6.11 Å². The van der Waals surface area contributed by atoms with Gasteiger partial charge in [-0.05, 0) is 23.3 Å². The van der Waals surface area contributed by atoms with E-state index in [0.717, 1.165) is 0 Å². The quantitative estimate of drug-likeness (QED) is 0.291. The van der Waals surface area contributed by atoms with Crippen LogP contribution in [0.25, 0.3) is 11.1 Å². The summed E-state index contributed by atoms with van der Waals surface area (Å²) in [5.41, 5.74) is -0.814. The first-order valence-corrected chi connectivity index (χ1v) is 10.1. The van der Waals surface area contributed by atoms with E-state index in [2.05, 4.69) is 4.74 Å². The second kappa shape index (κ2) is 9.27. The van der Waals surface area contributed by atoms with E-state index >= 15 is 0 Å². The van der Waals surface area contributed by atoms with Crippen LogP contribution in [0.5, 0.6) is 5.75 Å². The predicted molar refractivity (Wildman–Crippen MR) is 106 cm³/mol. The molecule has 0 amide bonds. The first kappa shape index (κ1) is 24.0. The van der Waals surface area contributed by atoms with Gasteiger partial charge in [0.05, 0.1) is 13.2 Å². The number of rotatable bonds is 5. The Morgan fingerprint density at radius 1 is 0.765 bits per heavy atom. The highest BCUT2D eigenvalue weighted by Crippen LogP contribution is 2.38. The topological polar surface area (TPSA) is 27.7 Å². The standard InChI is InChI=1S/C24H17F7O3/c1-12-10-32-23(33-11-12)14-4-2-13(3-5-14)15-6-17(25)21(18(26)7-15)24(30,31)34-16-8-19(27)22(29)20(28)9-16/h2-9,12,23H,10-11H2,1H3. The zero-order chi connectivity index (χ0) is 24.6. The average Bonchev–Trinajstić information content (AvgIpc) is 2.77. The SMILES string of the molecule is CC1COC(c2ccc(-c3cc(F)c(C(F)(F)Oc4cc(F)c(F)c(F)c4)c(F)c3)cc2)OC1. The Morgan fingerprint density at radius 2 is 1.29 bits per heavy atom. The molecule has 3 aromatic rings. The summed E-state index contributed by atoms with van der Waals surface area (Å²) in [7, 11) is 0. The molecule has 0 unspecified atom stereocenters. The van der Waals surface area contributed by atoms with E-state index in [4.69, 9.17) is 9.47 Å². The van der Waals surface area contributed by atoms with Crippen molar-refractivity contribution in [2.45, 2.75) is 19.3 Å². The molecule has 1 fully saturated rings. The van der Waals surface area contributed by atoms with Crippen molar-refractivity contribution in [2.24, 2.45) is 5.92 Å². The van der Waals surface area contributed by atoms with Gasteiger partial charge in [0.2, 0.25) is 0 Å². The fraction of sp³-hybridized carbons (Fsp3) is 0.250. The molecule has 10 heteroatoms. The fourth-order valence-electron chi connectivity index (χ4n) is 3.43. The van der Waals surface area contributed by atoms with Gasteiger partial charge in [-0.25, -0.2) is 22.0 Å². The van der Waals surface area contributed by atoms with Gasteiger partial charge in [0.25, 0.3) is 0 Å². The largest absolute Gasteiger partial charge is 0.432 e. The maximum Gasteiger partial charge on any atom is 0.432 e. The first-order chi connectivity index (χ1) is 16.0. The van der Waals surface area contributed by atoms with Crippen molar-refractivity contribution in [3.05, 3.63) is 88.7 Å². The van der Waals surface area contributed by atoms with Gasteiger partial charge in [0, 0.05) is 23.6 Å². The number of hydrogen-bond donors (Lipinski definition) is 0. The zero-order valence-corrected chi connectivity index (χ0v) is 17.6. The Hall–Kier alpha value is -3.11. The third kappa shape index (κ3) is 4.88. The lowest BCUT2D eigenvalue weighted by molar-refractivity contribution is -0.202. The molecule has 3 nitrogen and oxygen atoms in total. The lowest BCUT2D eigenvalue weighted by Crippen LogP contribution is -2.25. The predicted octanol–water partition coefficient (Wildman–Crippen LogP) is 6.86. The van der Waals surface area contributed by atoms with Gasteiger partial charge in [0.15, 0.2) is 23.7 Å². The summed E-state index contributed by atoms with van der Waals surface area (Å²) in [6.45, 7) is 2.99. The van der Waals surface area contributed by atoms with Crippen LogP contribution in [0, 0.1) is 35.0 Å². The second-order valence-electron chi connectivity index (χ2n) is 7.86. The molecular weight excluding hydrogens is 469 g/mol. The summed E-state index contributed by atoms with van der Waals surface area (Å²) < 4.78 is 113. The van der Waals surface area contributed by atoms with E-state index < -0.39 is 52.8 Å². The molecule has 1 saturated heterocycles. The third-order valence-electron chi connectivity index (χ3n) is 5.12. The molecule has 0 saturated carbocycles. The smallest absolute Gasteiger partial charge is 0.429 e. The molecule has 0 bridgehead atoms. The van der Waals surface area contributed by atoms with Crippen molar-refractivity contribution in [3.63, 3.8) is 0 Å². The van der Waals surface area contributed by atoms with Gasteiger partial charge in [-0.3, -0.25) is 0 Å². The number of alkyl halides is 2. The summed E-state index contributed by atoms with van der Waals surface area (Å²) >= 11 is 0. The van der Waals surface area contributed by atoms with Crippen molar-refractivity contribution < 1.29 is 44.9 Å². The molecule has 1 aliphatic rings.